The normalized spacial score (nSPS) is 16.1. The first-order valence-electron chi connectivity index (χ1n) is 12.6. The Balaban J connectivity index is 1.43. The fourth-order valence-electron chi connectivity index (χ4n) is 4.65. The minimum atomic E-state index is -4.55. The number of halogens is 4. The lowest BCUT2D eigenvalue weighted by Crippen LogP contribution is -2.42. The van der Waals surface area contributed by atoms with Crippen LogP contribution in [0, 0.1) is 5.82 Å². The van der Waals surface area contributed by atoms with E-state index < -0.39 is 42.0 Å². The first kappa shape index (κ1) is 28.1. The lowest BCUT2D eigenvalue weighted by atomic mass is 9.97. The Morgan fingerprint density at radius 3 is 2.49 bits per heavy atom. The molecule has 8 nitrogen and oxygen atoms in total. The van der Waals surface area contributed by atoms with Gasteiger partial charge in [-0.3, -0.25) is 9.59 Å². The highest BCUT2D eigenvalue weighted by atomic mass is 19.4. The summed E-state index contributed by atoms with van der Waals surface area (Å²) in [6.07, 6.45) is -4.36. The molecular weight excluding hydrogens is 546 g/mol. The second-order valence-corrected chi connectivity index (χ2v) is 9.39. The molecule has 41 heavy (non-hydrogen) atoms. The van der Waals surface area contributed by atoms with Crippen LogP contribution in [0.2, 0.25) is 0 Å². The largest absolute Gasteiger partial charge is 0.454 e. The number of benzene rings is 3. The van der Waals surface area contributed by atoms with Gasteiger partial charge in [-0.2, -0.15) is 18.3 Å². The molecule has 0 spiro atoms. The number of rotatable bonds is 8. The monoisotopic (exact) mass is 571 g/mol. The van der Waals surface area contributed by atoms with E-state index in [0.29, 0.717) is 22.8 Å². The van der Waals surface area contributed by atoms with Gasteiger partial charge in [0.25, 0.3) is 11.8 Å². The zero-order chi connectivity index (χ0) is 29.1. The van der Waals surface area contributed by atoms with Crippen molar-refractivity contribution in [3.05, 3.63) is 94.8 Å². The maximum absolute atomic E-state index is 14.7. The summed E-state index contributed by atoms with van der Waals surface area (Å²) in [4.78, 5) is 28.2. The van der Waals surface area contributed by atoms with E-state index in [1.807, 2.05) is 0 Å². The van der Waals surface area contributed by atoms with Gasteiger partial charge in [0.15, 0.2) is 11.5 Å². The van der Waals surface area contributed by atoms with Gasteiger partial charge in [0, 0.05) is 31.2 Å². The highest BCUT2D eigenvalue weighted by Gasteiger charge is 2.36. The molecule has 2 amide bonds. The number of methoxy groups -OCH3 is 1. The van der Waals surface area contributed by atoms with Gasteiger partial charge in [0.1, 0.15) is 12.4 Å². The van der Waals surface area contributed by atoms with E-state index in [2.05, 4.69) is 5.10 Å². The molecule has 2 heterocycles. The number of fused-ring (bicyclic) bond motifs is 1. The lowest BCUT2D eigenvalue weighted by Gasteiger charge is -2.27. The number of amides is 2. The van der Waals surface area contributed by atoms with Crippen LogP contribution in [-0.4, -0.2) is 61.0 Å². The van der Waals surface area contributed by atoms with Gasteiger partial charge in [0.05, 0.1) is 23.9 Å². The molecule has 1 atom stereocenters. The van der Waals surface area contributed by atoms with E-state index in [4.69, 9.17) is 14.2 Å². The van der Waals surface area contributed by atoms with Crippen molar-refractivity contribution in [3.63, 3.8) is 0 Å². The highest BCUT2D eigenvalue weighted by molar-refractivity contribution is 6.04. The summed E-state index contributed by atoms with van der Waals surface area (Å²) in [5, 5.41) is 5.68. The summed E-state index contributed by atoms with van der Waals surface area (Å²) >= 11 is 0. The zero-order valence-electron chi connectivity index (χ0n) is 21.9. The van der Waals surface area contributed by atoms with Crippen LogP contribution in [-0.2, 0) is 15.7 Å². The van der Waals surface area contributed by atoms with Gasteiger partial charge < -0.3 is 19.1 Å². The van der Waals surface area contributed by atoms with Crippen molar-refractivity contribution in [2.75, 3.05) is 33.6 Å². The molecular formula is C29H25F4N3O5. The van der Waals surface area contributed by atoms with E-state index >= 15 is 0 Å². The summed E-state index contributed by atoms with van der Waals surface area (Å²) in [7, 11) is 1.42. The molecule has 2 aliphatic heterocycles. The maximum atomic E-state index is 14.7. The van der Waals surface area contributed by atoms with E-state index in [0.717, 1.165) is 24.3 Å². The summed E-state index contributed by atoms with van der Waals surface area (Å²) in [5.74, 6) is -0.679. The van der Waals surface area contributed by atoms with Crippen molar-refractivity contribution >= 4 is 17.5 Å². The van der Waals surface area contributed by atoms with Gasteiger partial charge in [-0.25, -0.2) is 9.40 Å². The molecule has 0 aromatic heterocycles. The predicted octanol–water partition coefficient (Wildman–Crippen LogP) is 5.04. The Kier molecular flexibility index (Phi) is 7.93. The Labute approximate surface area is 232 Å². The molecule has 0 fully saturated rings. The lowest BCUT2D eigenvalue weighted by molar-refractivity contribution is -0.137. The van der Waals surface area contributed by atoms with Crippen LogP contribution in [0.4, 0.5) is 17.6 Å². The predicted molar refractivity (Wildman–Crippen MR) is 139 cm³/mol. The van der Waals surface area contributed by atoms with Crippen LogP contribution in [0.5, 0.6) is 11.5 Å². The number of hydrogen-bond donors (Lipinski definition) is 0. The number of alkyl halides is 3. The summed E-state index contributed by atoms with van der Waals surface area (Å²) in [6.45, 7) is -0.314. The van der Waals surface area contributed by atoms with Crippen molar-refractivity contribution < 1.29 is 41.4 Å². The second-order valence-electron chi connectivity index (χ2n) is 9.39. The van der Waals surface area contributed by atoms with Gasteiger partial charge in [-0.05, 0) is 48.0 Å². The number of nitrogens with zero attached hydrogens (tertiary/aromatic N) is 3. The molecule has 0 radical (unpaired) electrons. The standard InChI is InChI=1S/C29H25F4N3O5/c1-39-13-12-35(28(38)18-6-9-20(10-7-18)29(31,32)33)16-27(37)36-24(19-8-11-25-26(14-19)41-17-40-25)15-23(34-36)21-4-2-3-5-22(21)30/h2-11,14,24H,12-13,15-17H2,1H3/t24-/m1/s1. The molecule has 5 rings (SSSR count). The third kappa shape index (κ3) is 6.02. The van der Waals surface area contributed by atoms with Crippen LogP contribution >= 0.6 is 0 Å². The molecule has 0 N–H and O–H groups in total. The number of carbonyl (C=O) groups excluding carboxylic acids is 2. The van der Waals surface area contributed by atoms with Gasteiger partial charge >= 0.3 is 6.18 Å². The first-order valence-corrected chi connectivity index (χ1v) is 12.6. The molecule has 0 saturated heterocycles. The Bertz CT molecular complexity index is 1480. The molecule has 0 unspecified atom stereocenters. The first-order chi connectivity index (χ1) is 19.7. The summed E-state index contributed by atoms with van der Waals surface area (Å²) in [6, 6.07) is 14.4. The Morgan fingerprint density at radius 1 is 1.05 bits per heavy atom. The van der Waals surface area contributed by atoms with Gasteiger partial charge in [0.2, 0.25) is 6.79 Å². The molecule has 2 aliphatic rings. The van der Waals surface area contributed by atoms with Crippen LogP contribution in [0.15, 0.2) is 71.8 Å². The van der Waals surface area contributed by atoms with Crippen molar-refractivity contribution in [1.29, 1.82) is 0 Å². The molecule has 3 aromatic carbocycles. The third-order valence-corrected chi connectivity index (χ3v) is 6.77. The van der Waals surface area contributed by atoms with E-state index in [1.165, 1.54) is 23.1 Å². The van der Waals surface area contributed by atoms with Crippen molar-refractivity contribution in [2.24, 2.45) is 5.10 Å². The van der Waals surface area contributed by atoms with E-state index in [-0.39, 0.29) is 37.5 Å². The fraction of sp³-hybridized carbons (Fsp3) is 0.276. The smallest absolute Gasteiger partial charge is 0.416 e. The van der Waals surface area contributed by atoms with Crippen LogP contribution < -0.4 is 9.47 Å². The topological polar surface area (TPSA) is 80.7 Å². The summed E-state index contributed by atoms with van der Waals surface area (Å²) in [5.41, 5.74) is 0.329. The van der Waals surface area contributed by atoms with Crippen LogP contribution in [0.25, 0.3) is 0 Å². The van der Waals surface area contributed by atoms with Gasteiger partial charge in [-0.1, -0.05) is 24.3 Å². The maximum Gasteiger partial charge on any atom is 0.416 e. The molecule has 0 saturated carbocycles. The third-order valence-electron chi connectivity index (χ3n) is 6.77. The molecule has 12 heteroatoms. The Hall–Kier alpha value is -4.45. The fourth-order valence-corrected chi connectivity index (χ4v) is 4.65. The van der Waals surface area contributed by atoms with E-state index in [9.17, 15) is 27.2 Å². The van der Waals surface area contributed by atoms with Crippen LogP contribution in [0.3, 0.4) is 0 Å². The molecule has 3 aromatic rings. The number of hydrogen-bond acceptors (Lipinski definition) is 6. The average Bonchev–Trinajstić information content (AvgIpc) is 3.62. The molecule has 214 valence electrons. The Morgan fingerprint density at radius 2 is 1.78 bits per heavy atom. The SMILES string of the molecule is COCCN(CC(=O)N1N=C(c2ccccc2F)C[C@@H]1c1ccc2c(c1)OCO2)C(=O)c1ccc(C(F)(F)F)cc1. The number of carbonyl (C=O) groups is 2. The molecule has 0 bridgehead atoms. The van der Waals surface area contributed by atoms with Crippen molar-refractivity contribution in [3.8, 4) is 11.5 Å². The quantitative estimate of drug-likeness (QED) is 0.354. The van der Waals surface area contributed by atoms with Crippen molar-refractivity contribution in [1.82, 2.24) is 9.91 Å². The second kappa shape index (κ2) is 11.6. The van der Waals surface area contributed by atoms with E-state index in [1.54, 1.807) is 36.4 Å². The number of ether oxygens (including phenoxy) is 3. The van der Waals surface area contributed by atoms with Crippen LogP contribution in [0.1, 0.15) is 39.5 Å². The highest BCUT2D eigenvalue weighted by Crippen LogP contribution is 2.39. The zero-order valence-corrected chi connectivity index (χ0v) is 21.9. The minimum absolute atomic E-state index is 0.00545. The van der Waals surface area contributed by atoms with Gasteiger partial charge in [-0.15, -0.1) is 0 Å². The minimum Gasteiger partial charge on any atom is -0.454 e. The summed E-state index contributed by atoms with van der Waals surface area (Å²) < 4.78 is 69.6. The average molecular weight is 572 g/mol. The van der Waals surface area contributed by atoms with Crippen molar-refractivity contribution in [2.45, 2.75) is 18.6 Å². The molecule has 0 aliphatic carbocycles. The number of hydrazone groups is 1.